The number of nitrogens with zero attached hydrogens (tertiary/aromatic N) is 4. The molecule has 0 aliphatic rings. The molecule has 3 rings (SSSR count). The van der Waals surface area contributed by atoms with Crippen molar-refractivity contribution in [2.75, 3.05) is 0 Å². The SMILES string of the molecule is O.[CH2-]c1noc(Cn2cc(Br)nc(C)c2=O)n1.[S-]c1ccc(Cl)cc1.[V+2]. The smallest absolute Gasteiger partial charge is 0.780 e. The predicted molar refractivity (Wildman–Crippen MR) is 99.5 cm³/mol. The summed E-state index contributed by atoms with van der Waals surface area (Å²) in [6, 6.07) is 7.17. The third-order valence-corrected chi connectivity index (χ3v) is 3.64. The van der Waals surface area contributed by atoms with Crippen LogP contribution in [0, 0.1) is 13.8 Å². The van der Waals surface area contributed by atoms with Crippen molar-refractivity contribution in [1.82, 2.24) is 19.7 Å². The van der Waals surface area contributed by atoms with Crippen molar-refractivity contribution < 1.29 is 28.6 Å². The molecule has 0 amide bonds. The van der Waals surface area contributed by atoms with Crippen LogP contribution in [-0.2, 0) is 37.7 Å². The van der Waals surface area contributed by atoms with E-state index in [4.69, 9.17) is 28.8 Å². The zero-order valence-electron chi connectivity index (χ0n) is 13.5. The number of aryl methyl sites for hydroxylation is 1. The number of benzene rings is 1. The molecule has 2 N–H and O–H groups in total. The summed E-state index contributed by atoms with van der Waals surface area (Å²) in [5, 5.41) is 4.28. The van der Waals surface area contributed by atoms with Crippen LogP contribution in [0.1, 0.15) is 17.4 Å². The maximum absolute atomic E-state index is 11.7. The Morgan fingerprint density at radius 2 is 1.92 bits per heavy atom. The Kier molecular flexibility index (Phi) is 10.8. The standard InChI is InChI=1S/C9H8BrN4O2.C6H5ClS.H2O.V/c1-5-9(15)14(3-7(10)11-5)4-8-12-6(2)13-16-8;7-5-1-3-6(8)4-2-5;;/h3H,2,4H2,1H3;1-4,8H;1H2;/q-1;;;+2/p-1. The second-order valence-corrected chi connectivity index (χ2v) is 6.36. The fourth-order valence-corrected chi connectivity index (χ4v) is 2.46. The van der Waals surface area contributed by atoms with Crippen LogP contribution in [0.2, 0.25) is 5.02 Å². The van der Waals surface area contributed by atoms with Crippen LogP contribution in [0.15, 0.2) is 49.3 Å². The van der Waals surface area contributed by atoms with Gasteiger partial charge >= 0.3 is 18.6 Å². The van der Waals surface area contributed by atoms with Gasteiger partial charge in [-0.15, -0.1) is 0 Å². The van der Waals surface area contributed by atoms with E-state index in [1.807, 2.05) is 0 Å². The maximum atomic E-state index is 11.7. The molecule has 0 fully saturated rings. The van der Waals surface area contributed by atoms with Crippen molar-refractivity contribution in [2.24, 2.45) is 0 Å². The topological polar surface area (TPSA) is 105 Å². The van der Waals surface area contributed by atoms with Gasteiger partial charge in [-0.05, 0) is 35.0 Å². The van der Waals surface area contributed by atoms with Crippen LogP contribution in [0.5, 0.6) is 0 Å². The van der Waals surface area contributed by atoms with Gasteiger partial charge in [-0.3, -0.25) is 4.79 Å². The van der Waals surface area contributed by atoms with Gasteiger partial charge in [0.15, 0.2) is 0 Å². The molecule has 2 aromatic heterocycles. The minimum Gasteiger partial charge on any atom is -0.780 e. The third kappa shape index (κ3) is 7.49. The van der Waals surface area contributed by atoms with Gasteiger partial charge < -0.3 is 34.1 Å². The third-order valence-electron chi connectivity index (χ3n) is 2.74. The van der Waals surface area contributed by atoms with E-state index in [1.165, 1.54) is 4.57 Å². The second-order valence-electron chi connectivity index (χ2n) is 4.64. The Morgan fingerprint density at radius 1 is 1.31 bits per heavy atom. The molecule has 0 saturated heterocycles. The normalized spacial score (nSPS) is 9.35. The van der Waals surface area contributed by atoms with Crippen molar-refractivity contribution in [2.45, 2.75) is 18.4 Å². The summed E-state index contributed by atoms with van der Waals surface area (Å²) in [4.78, 5) is 20.4. The number of aromatic nitrogens is 4. The van der Waals surface area contributed by atoms with E-state index in [9.17, 15) is 4.79 Å². The summed E-state index contributed by atoms with van der Waals surface area (Å²) >= 11 is 13.6. The number of halogens is 2. The number of hydrogen-bond donors (Lipinski definition) is 0. The summed E-state index contributed by atoms with van der Waals surface area (Å²) in [6.45, 7) is 5.37. The molecule has 0 saturated carbocycles. The number of rotatable bonds is 2. The molecule has 26 heavy (non-hydrogen) atoms. The van der Waals surface area contributed by atoms with Crippen LogP contribution in [0.3, 0.4) is 0 Å². The van der Waals surface area contributed by atoms with E-state index >= 15 is 0 Å². The van der Waals surface area contributed by atoms with Crippen LogP contribution >= 0.6 is 27.5 Å². The predicted octanol–water partition coefficient (Wildman–Crippen LogP) is 2.35. The molecule has 7 nitrogen and oxygen atoms in total. The molecule has 11 heteroatoms. The van der Waals surface area contributed by atoms with E-state index in [0.29, 0.717) is 22.0 Å². The second kappa shape index (κ2) is 11.4. The van der Waals surface area contributed by atoms with Crippen LogP contribution in [0.4, 0.5) is 0 Å². The van der Waals surface area contributed by atoms with Crippen molar-refractivity contribution in [1.29, 1.82) is 0 Å². The van der Waals surface area contributed by atoms with E-state index in [0.717, 1.165) is 9.92 Å². The van der Waals surface area contributed by atoms with Gasteiger partial charge in [-0.2, -0.15) is 4.90 Å². The average molecular weight is 497 g/mol. The van der Waals surface area contributed by atoms with Gasteiger partial charge in [0.2, 0.25) is 5.89 Å². The molecule has 2 heterocycles. The maximum Gasteiger partial charge on any atom is 2.00 e. The number of hydrogen-bond acceptors (Lipinski definition) is 6. The Balaban J connectivity index is 0.000000536. The largest absolute Gasteiger partial charge is 2.00 e. The summed E-state index contributed by atoms with van der Waals surface area (Å²) < 4.78 is 6.91. The minimum absolute atomic E-state index is 0. The van der Waals surface area contributed by atoms with Crippen LogP contribution in [0.25, 0.3) is 0 Å². The molecule has 0 aliphatic heterocycles. The van der Waals surface area contributed by atoms with E-state index in [-0.39, 0.29) is 36.1 Å². The Labute approximate surface area is 180 Å². The first kappa shape index (κ1) is 24.6. The fourth-order valence-electron chi connectivity index (χ4n) is 1.68. The monoisotopic (exact) mass is 495 g/mol. The first-order valence-corrected chi connectivity index (χ1v) is 8.24. The Bertz CT molecular complexity index is 868. The molecule has 3 aromatic rings. The first-order valence-electron chi connectivity index (χ1n) is 6.66. The molecule has 1 aromatic carbocycles. The molecule has 0 atom stereocenters. The molecule has 0 spiro atoms. The Morgan fingerprint density at radius 3 is 2.42 bits per heavy atom. The van der Waals surface area contributed by atoms with Gasteiger partial charge in [0, 0.05) is 17.0 Å². The summed E-state index contributed by atoms with van der Waals surface area (Å²) in [5.41, 5.74) is 0.218. The van der Waals surface area contributed by atoms with Gasteiger partial charge in [0.1, 0.15) is 16.8 Å². The van der Waals surface area contributed by atoms with Crippen LogP contribution in [-0.4, -0.2) is 25.2 Å². The van der Waals surface area contributed by atoms with Gasteiger partial charge in [-0.1, -0.05) is 28.9 Å². The molecule has 1 radical (unpaired) electrons. The van der Waals surface area contributed by atoms with Crippen molar-refractivity contribution >= 4 is 40.2 Å². The molecular weight excluding hydrogens is 483 g/mol. The average Bonchev–Trinajstić information content (AvgIpc) is 2.93. The van der Waals surface area contributed by atoms with Crippen molar-refractivity contribution in [3.63, 3.8) is 0 Å². The van der Waals surface area contributed by atoms with E-state index in [2.05, 4.69) is 38.0 Å². The summed E-state index contributed by atoms with van der Waals surface area (Å²) in [6.07, 6.45) is 1.57. The summed E-state index contributed by atoms with van der Waals surface area (Å²) in [5.74, 6) is 0.637. The quantitative estimate of drug-likeness (QED) is 0.398. The molecule has 137 valence electrons. The molecule has 0 aliphatic carbocycles. The molecule has 0 bridgehead atoms. The summed E-state index contributed by atoms with van der Waals surface area (Å²) in [7, 11) is 0. The molecule has 0 unspecified atom stereocenters. The van der Waals surface area contributed by atoms with Crippen molar-refractivity contribution in [3.05, 3.63) is 74.8 Å². The molecular formula is C15H14BrClN4O3SV. The Hall–Kier alpha value is -1.36. The van der Waals surface area contributed by atoms with Gasteiger partial charge in [0.25, 0.3) is 5.56 Å². The first-order chi connectivity index (χ1) is 11.3. The fraction of sp³-hybridized carbons (Fsp3) is 0.133. The van der Waals surface area contributed by atoms with E-state index < -0.39 is 0 Å². The van der Waals surface area contributed by atoms with Gasteiger partial charge in [-0.25, -0.2) is 9.97 Å². The van der Waals surface area contributed by atoms with Crippen LogP contribution < -0.4 is 5.56 Å². The van der Waals surface area contributed by atoms with Gasteiger partial charge in [0.05, 0.1) is 0 Å². The zero-order chi connectivity index (χ0) is 17.7. The minimum atomic E-state index is -0.188. The van der Waals surface area contributed by atoms with Crippen molar-refractivity contribution in [3.8, 4) is 0 Å². The van der Waals surface area contributed by atoms with E-state index in [1.54, 1.807) is 37.4 Å². The zero-order valence-corrected chi connectivity index (χ0v) is 18.1.